The molecular weight excluding hydrogens is 348 g/mol. The van der Waals surface area contributed by atoms with E-state index in [1.165, 1.54) is 24.3 Å². The van der Waals surface area contributed by atoms with Crippen molar-refractivity contribution < 1.29 is 22.4 Å². The first-order chi connectivity index (χ1) is 12.3. The Kier molecular flexibility index (Phi) is 3.57. The van der Waals surface area contributed by atoms with Gasteiger partial charge in [-0.3, -0.25) is 4.79 Å². The number of rotatable bonds is 3. The highest BCUT2D eigenvalue weighted by atomic mass is 19.4. The van der Waals surface area contributed by atoms with Crippen LogP contribution < -0.4 is 5.32 Å². The quantitative estimate of drug-likeness (QED) is 0.633. The van der Waals surface area contributed by atoms with Crippen LogP contribution in [-0.4, -0.2) is 10.9 Å². The van der Waals surface area contributed by atoms with Crippen LogP contribution in [0.3, 0.4) is 0 Å². The fraction of sp³-hybridized carbons (Fsp3) is 0.211. The Hall–Kier alpha value is -2.83. The Bertz CT molecular complexity index is 1000. The van der Waals surface area contributed by atoms with Crippen LogP contribution in [0.15, 0.2) is 48.7 Å². The van der Waals surface area contributed by atoms with E-state index in [0.717, 1.165) is 12.1 Å². The molecule has 0 aliphatic heterocycles. The standard InChI is InChI=1S/C19H14F4N2O/c20-12-4-5-16-14(9-12)15(10-24-16)18(6-7-18)17(26)25-13-3-1-2-11(8-13)19(21,22)23/h1-5,8-10,24H,6-7H2,(H,25,26). The van der Waals surface area contributed by atoms with E-state index in [0.29, 0.717) is 29.3 Å². The predicted molar refractivity (Wildman–Crippen MR) is 89.2 cm³/mol. The molecule has 134 valence electrons. The molecule has 0 spiro atoms. The van der Waals surface area contributed by atoms with E-state index in [9.17, 15) is 22.4 Å². The molecule has 0 bridgehead atoms. The third-order valence-corrected chi connectivity index (χ3v) is 4.79. The number of carbonyl (C=O) groups is 1. The molecule has 3 aromatic rings. The number of hydrogen-bond acceptors (Lipinski definition) is 1. The summed E-state index contributed by atoms with van der Waals surface area (Å²) in [5.74, 6) is -0.797. The van der Waals surface area contributed by atoms with Gasteiger partial charge < -0.3 is 10.3 Å². The van der Waals surface area contributed by atoms with Crippen LogP contribution >= 0.6 is 0 Å². The van der Waals surface area contributed by atoms with Gasteiger partial charge in [0, 0.05) is 22.8 Å². The number of nitrogens with one attached hydrogen (secondary N) is 2. The number of carbonyl (C=O) groups excluding carboxylic acids is 1. The van der Waals surface area contributed by atoms with Gasteiger partial charge in [-0.25, -0.2) is 4.39 Å². The number of hydrogen-bond donors (Lipinski definition) is 2. The highest BCUT2D eigenvalue weighted by Crippen LogP contribution is 2.51. The van der Waals surface area contributed by atoms with E-state index in [1.54, 1.807) is 12.3 Å². The Balaban J connectivity index is 1.65. The molecule has 2 N–H and O–H groups in total. The first-order valence-corrected chi connectivity index (χ1v) is 8.05. The summed E-state index contributed by atoms with van der Waals surface area (Å²) in [6, 6.07) is 8.80. The topological polar surface area (TPSA) is 44.9 Å². The van der Waals surface area contributed by atoms with Gasteiger partial charge in [-0.1, -0.05) is 6.07 Å². The number of aromatic amines is 1. The molecule has 1 aliphatic rings. The summed E-state index contributed by atoms with van der Waals surface area (Å²) in [4.78, 5) is 15.8. The Morgan fingerprint density at radius 1 is 1.12 bits per heavy atom. The second kappa shape index (κ2) is 5.59. The van der Waals surface area contributed by atoms with E-state index in [2.05, 4.69) is 10.3 Å². The fourth-order valence-corrected chi connectivity index (χ4v) is 3.26. The van der Waals surface area contributed by atoms with Crippen molar-refractivity contribution in [3.63, 3.8) is 0 Å². The number of benzene rings is 2. The van der Waals surface area contributed by atoms with Crippen molar-refractivity contribution >= 4 is 22.5 Å². The minimum atomic E-state index is -4.48. The number of H-pyrrole nitrogens is 1. The third kappa shape index (κ3) is 2.73. The van der Waals surface area contributed by atoms with E-state index >= 15 is 0 Å². The van der Waals surface area contributed by atoms with Gasteiger partial charge in [0.05, 0.1) is 11.0 Å². The van der Waals surface area contributed by atoms with E-state index < -0.39 is 23.0 Å². The van der Waals surface area contributed by atoms with Crippen molar-refractivity contribution in [2.24, 2.45) is 0 Å². The lowest BCUT2D eigenvalue weighted by molar-refractivity contribution is -0.137. The summed E-state index contributed by atoms with van der Waals surface area (Å²) in [7, 11) is 0. The van der Waals surface area contributed by atoms with E-state index in [4.69, 9.17) is 0 Å². The number of halogens is 4. The molecule has 4 rings (SSSR count). The summed E-state index contributed by atoms with van der Waals surface area (Å²) in [6.07, 6.45) is -1.70. The molecule has 0 saturated heterocycles. The number of aromatic nitrogens is 1. The molecule has 1 fully saturated rings. The normalized spacial score (nSPS) is 15.8. The summed E-state index contributed by atoms with van der Waals surface area (Å²) in [5, 5.41) is 3.19. The average molecular weight is 362 g/mol. The second-order valence-electron chi connectivity index (χ2n) is 6.51. The molecule has 1 amide bonds. The number of alkyl halides is 3. The minimum Gasteiger partial charge on any atom is -0.361 e. The van der Waals surface area contributed by atoms with Crippen molar-refractivity contribution in [3.05, 3.63) is 65.6 Å². The van der Waals surface area contributed by atoms with Gasteiger partial charge in [0.25, 0.3) is 0 Å². The van der Waals surface area contributed by atoms with Gasteiger partial charge in [-0.2, -0.15) is 13.2 Å². The van der Waals surface area contributed by atoms with Crippen LogP contribution in [0.25, 0.3) is 10.9 Å². The lowest BCUT2D eigenvalue weighted by Gasteiger charge is -2.16. The lowest BCUT2D eigenvalue weighted by Crippen LogP contribution is -2.27. The van der Waals surface area contributed by atoms with Crippen molar-refractivity contribution in [2.45, 2.75) is 24.4 Å². The maximum Gasteiger partial charge on any atom is 0.416 e. The van der Waals surface area contributed by atoms with Crippen molar-refractivity contribution in [1.82, 2.24) is 4.98 Å². The molecule has 1 saturated carbocycles. The van der Waals surface area contributed by atoms with Crippen LogP contribution in [0.2, 0.25) is 0 Å². The molecule has 0 unspecified atom stereocenters. The summed E-state index contributed by atoms with van der Waals surface area (Å²) in [5.41, 5.74) is -0.215. The SMILES string of the molecule is O=C(Nc1cccc(C(F)(F)F)c1)C1(c2c[nH]c3ccc(F)cc23)CC1. The maximum atomic E-state index is 13.6. The molecule has 1 aliphatic carbocycles. The van der Waals surface area contributed by atoms with E-state index in [1.807, 2.05) is 0 Å². The van der Waals surface area contributed by atoms with E-state index in [-0.39, 0.29) is 11.6 Å². The minimum absolute atomic E-state index is 0.0853. The molecule has 0 atom stereocenters. The van der Waals surface area contributed by atoms with Crippen LogP contribution in [0.1, 0.15) is 24.0 Å². The molecule has 2 aromatic carbocycles. The fourth-order valence-electron chi connectivity index (χ4n) is 3.26. The molecule has 7 heteroatoms. The lowest BCUT2D eigenvalue weighted by atomic mass is 9.94. The van der Waals surface area contributed by atoms with Gasteiger partial charge in [0.15, 0.2) is 0 Å². The molecule has 1 heterocycles. The number of amides is 1. The third-order valence-electron chi connectivity index (χ3n) is 4.79. The smallest absolute Gasteiger partial charge is 0.361 e. The largest absolute Gasteiger partial charge is 0.416 e. The van der Waals surface area contributed by atoms with Gasteiger partial charge >= 0.3 is 6.18 Å². The zero-order valence-electron chi connectivity index (χ0n) is 13.5. The molecule has 1 aromatic heterocycles. The monoisotopic (exact) mass is 362 g/mol. The maximum absolute atomic E-state index is 13.6. The van der Waals surface area contributed by atoms with Crippen LogP contribution in [0, 0.1) is 5.82 Å². The average Bonchev–Trinajstić information content (AvgIpc) is 3.29. The van der Waals surface area contributed by atoms with Gasteiger partial charge in [0.1, 0.15) is 5.82 Å². The summed E-state index contributed by atoms with van der Waals surface area (Å²) < 4.78 is 52.1. The number of fused-ring (bicyclic) bond motifs is 1. The molecule has 0 radical (unpaired) electrons. The Labute approximate surface area is 146 Å². The highest BCUT2D eigenvalue weighted by molar-refractivity contribution is 6.04. The number of anilines is 1. The zero-order chi connectivity index (χ0) is 18.5. The Morgan fingerprint density at radius 3 is 2.58 bits per heavy atom. The van der Waals surface area contributed by atoms with Crippen LogP contribution in [0.5, 0.6) is 0 Å². The first-order valence-electron chi connectivity index (χ1n) is 8.05. The predicted octanol–water partition coefficient (Wildman–Crippen LogP) is 5.00. The highest BCUT2D eigenvalue weighted by Gasteiger charge is 2.52. The molecule has 3 nitrogen and oxygen atoms in total. The van der Waals surface area contributed by atoms with Gasteiger partial charge in [-0.05, 0) is 54.8 Å². The van der Waals surface area contributed by atoms with Gasteiger partial charge in [-0.15, -0.1) is 0 Å². The summed E-state index contributed by atoms with van der Waals surface area (Å²) >= 11 is 0. The summed E-state index contributed by atoms with van der Waals surface area (Å²) in [6.45, 7) is 0. The molecule has 26 heavy (non-hydrogen) atoms. The first kappa shape index (κ1) is 16.6. The van der Waals surface area contributed by atoms with Crippen molar-refractivity contribution in [3.8, 4) is 0 Å². The molecular formula is C19H14F4N2O. The van der Waals surface area contributed by atoms with Crippen LogP contribution in [0.4, 0.5) is 23.2 Å². The Morgan fingerprint density at radius 2 is 1.88 bits per heavy atom. The zero-order valence-corrected chi connectivity index (χ0v) is 13.5. The van der Waals surface area contributed by atoms with Crippen molar-refractivity contribution in [1.29, 1.82) is 0 Å². The van der Waals surface area contributed by atoms with Crippen molar-refractivity contribution in [2.75, 3.05) is 5.32 Å². The van der Waals surface area contributed by atoms with Crippen LogP contribution in [-0.2, 0) is 16.4 Å². The second-order valence-corrected chi connectivity index (χ2v) is 6.51. The van der Waals surface area contributed by atoms with Gasteiger partial charge in [0.2, 0.25) is 5.91 Å².